The van der Waals surface area contributed by atoms with Gasteiger partial charge < -0.3 is 20.1 Å². The number of hydrogen-bond donors (Lipinski definition) is 3. The Hall–Kier alpha value is -3.30. The summed E-state index contributed by atoms with van der Waals surface area (Å²) in [6.07, 6.45) is 8.21. The Balaban J connectivity index is 1.24. The van der Waals surface area contributed by atoms with Crippen molar-refractivity contribution in [3.8, 4) is 11.1 Å². The number of anilines is 1. The summed E-state index contributed by atoms with van der Waals surface area (Å²) in [5.41, 5.74) is 0.159. The predicted octanol–water partition coefficient (Wildman–Crippen LogP) is 7.67. The number of amides is 2. The van der Waals surface area contributed by atoms with E-state index in [0.29, 0.717) is 25.2 Å². The van der Waals surface area contributed by atoms with Gasteiger partial charge >= 0.3 is 6.03 Å². The molecular formula is C37H49FN4O4. The molecule has 248 valence electrons. The molecule has 9 heteroatoms. The maximum Gasteiger partial charge on any atom is 0.322 e. The monoisotopic (exact) mass is 632 g/mol. The lowest BCUT2D eigenvalue weighted by atomic mass is 9.53. The van der Waals surface area contributed by atoms with E-state index < -0.39 is 16.9 Å². The quantitative estimate of drug-likeness (QED) is 0.235. The minimum absolute atomic E-state index is 0.0165. The van der Waals surface area contributed by atoms with Crippen LogP contribution >= 0.6 is 0 Å². The average molecular weight is 633 g/mol. The molecule has 0 radical (unpaired) electrons. The van der Waals surface area contributed by atoms with Crippen molar-refractivity contribution in [1.29, 1.82) is 0 Å². The zero-order valence-corrected chi connectivity index (χ0v) is 27.9. The number of aliphatic hydroxyl groups is 2. The molecule has 4 aliphatic carbocycles. The highest BCUT2D eigenvalue weighted by Gasteiger charge is 2.53. The zero-order valence-electron chi connectivity index (χ0n) is 27.9. The number of fused-ring (bicyclic) bond motifs is 3. The van der Waals surface area contributed by atoms with Gasteiger partial charge in [0.2, 0.25) is 0 Å². The van der Waals surface area contributed by atoms with Crippen molar-refractivity contribution in [2.24, 2.45) is 5.41 Å². The van der Waals surface area contributed by atoms with E-state index in [2.05, 4.69) is 21.5 Å². The molecule has 3 N–H and O–H groups in total. The van der Waals surface area contributed by atoms with Gasteiger partial charge in [-0.25, -0.2) is 9.18 Å². The van der Waals surface area contributed by atoms with Crippen LogP contribution in [0.15, 0.2) is 53.1 Å². The Kier molecular flexibility index (Phi) is 8.33. The first-order valence-electron chi connectivity index (χ1n) is 16.8. The molecule has 0 aliphatic heterocycles. The first-order valence-corrected chi connectivity index (χ1v) is 16.8. The number of alkyl halides is 1. The number of benzene rings is 2. The van der Waals surface area contributed by atoms with Crippen LogP contribution in [0.3, 0.4) is 0 Å². The second-order valence-electron chi connectivity index (χ2n) is 15.7. The highest BCUT2D eigenvalue weighted by molar-refractivity contribution is 5.93. The van der Waals surface area contributed by atoms with Crippen LogP contribution in [-0.2, 0) is 16.7 Å². The van der Waals surface area contributed by atoms with Crippen LogP contribution in [-0.4, -0.2) is 44.6 Å². The van der Waals surface area contributed by atoms with Crippen molar-refractivity contribution in [1.82, 2.24) is 15.5 Å². The molecule has 4 saturated carbocycles. The number of aromatic nitrogens is 2. The lowest BCUT2D eigenvalue weighted by Crippen LogP contribution is -2.54. The van der Waals surface area contributed by atoms with Gasteiger partial charge in [0.15, 0.2) is 11.5 Å². The average Bonchev–Trinajstić information content (AvgIpc) is 3.54. The van der Waals surface area contributed by atoms with Crippen molar-refractivity contribution < 1.29 is 23.9 Å². The van der Waals surface area contributed by atoms with Crippen LogP contribution in [0.2, 0.25) is 0 Å². The van der Waals surface area contributed by atoms with Crippen molar-refractivity contribution in [3.05, 3.63) is 65.8 Å². The van der Waals surface area contributed by atoms with E-state index in [1.165, 1.54) is 13.8 Å². The molecule has 4 aliphatic rings. The van der Waals surface area contributed by atoms with Crippen molar-refractivity contribution in [2.45, 2.75) is 127 Å². The molecular weight excluding hydrogens is 583 g/mol. The minimum atomic E-state index is -1.68. The van der Waals surface area contributed by atoms with Crippen LogP contribution in [0.5, 0.6) is 0 Å². The summed E-state index contributed by atoms with van der Waals surface area (Å²) in [5.74, 6) is 0.647. The first kappa shape index (κ1) is 32.6. The molecule has 1 heterocycles. The topological polar surface area (TPSA) is 112 Å². The second-order valence-corrected chi connectivity index (χ2v) is 15.7. The molecule has 2 bridgehead atoms. The molecule has 2 amide bonds. The van der Waals surface area contributed by atoms with Crippen LogP contribution in [0.1, 0.15) is 116 Å². The van der Waals surface area contributed by atoms with Crippen LogP contribution in [0.4, 0.5) is 14.9 Å². The smallest absolute Gasteiger partial charge is 0.322 e. The molecule has 0 spiro atoms. The largest absolute Gasteiger partial charge is 0.390 e. The summed E-state index contributed by atoms with van der Waals surface area (Å²) in [6, 6.07) is 16.0. The SMILES string of the molecule is CC1(O)CCC(NC(=O)N(CC23CCC(c4noc(C(C)(C)F)n4)(CC2)CC3)c2cccc(-c3ccc(C(C)(C)O)cc3)c2)CC1. The summed E-state index contributed by atoms with van der Waals surface area (Å²) in [5, 5.41) is 28.4. The Morgan fingerprint density at radius 3 is 2.17 bits per heavy atom. The third-order valence-corrected chi connectivity index (χ3v) is 11.0. The standard InChI is InChI=1S/C37H49FN4O4/c1-33(2,38)31-40-30(41-46-31)37-20-17-36(18-21-37,19-22-37)24-42(32(43)39-28-13-15-35(5,45)16-14-28)29-8-6-7-26(23-29)25-9-11-27(12-10-25)34(3,4)44/h6-12,23,28,44-45H,13-22,24H2,1-5H3,(H,39,43). The lowest BCUT2D eigenvalue weighted by molar-refractivity contribution is 0.0151. The summed E-state index contributed by atoms with van der Waals surface area (Å²) in [7, 11) is 0. The maximum atomic E-state index is 14.5. The van der Waals surface area contributed by atoms with Gasteiger partial charge in [-0.3, -0.25) is 4.90 Å². The zero-order chi connectivity index (χ0) is 33.0. The Morgan fingerprint density at radius 1 is 0.978 bits per heavy atom. The van der Waals surface area contributed by atoms with Crippen molar-refractivity contribution in [2.75, 3.05) is 11.4 Å². The molecule has 2 aromatic carbocycles. The number of nitrogens with one attached hydrogen (secondary N) is 1. The van der Waals surface area contributed by atoms with Gasteiger partial charge in [-0.2, -0.15) is 4.98 Å². The summed E-state index contributed by atoms with van der Waals surface area (Å²) in [4.78, 5) is 20.6. The van der Waals surface area contributed by atoms with Crippen LogP contribution in [0, 0.1) is 5.41 Å². The van der Waals surface area contributed by atoms with Gasteiger partial charge in [0.25, 0.3) is 5.89 Å². The van der Waals surface area contributed by atoms with Gasteiger partial charge in [-0.15, -0.1) is 0 Å². The van der Waals surface area contributed by atoms with Gasteiger partial charge in [0, 0.05) is 23.7 Å². The first-order chi connectivity index (χ1) is 21.6. The summed E-state index contributed by atoms with van der Waals surface area (Å²) in [6.45, 7) is 8.88. The minimum Gasteiger partial charge on any atom is -0.390 e. The van der Waals surface area contributed by atoms with E-state index in [4.69, 9.17) is 4.52 Å². The van der Waals surface area contributed by atoms with E-state index in [-0.39, 0.29) is 28.8 Å². The molecule has 46 heavy (non-hydrogen) atoms. The molecule has 0 atom stereocenters. The highest BCUT2D eigenvalue weighted by Crippen LogP contribution is 2.57. The van der Waals surface area contributed by atoms with Crippen LogP contribution < -0.4 is 10.2 Å². The molecule has 0 unspecified atom stereocenters. The molecule has 0 saturated heterocycles. The van der Waals surface area contributed by atoms with E-state index >= 15 is 0 Å². The summed E-state index contributed by atoms with van der Waals surface area (Å²) >= 11 is 0. The van der Waals surface area contributed by atoms with E-state index in [9.17, 15) is 19.4 Å². The molecule has 8 nitrogen and oxygen atoms in total. The van der Waals surface area contributed by atoms with Gasteiger partial charge in [0.1, 0.15) is 0 Å². The number of carbonyl (C=O) groups excluding carboxylic acids is 1. The number of nitrogens with zero attached hydrogens (tertiary/aromatic N) is 3. The third-order valence-electron chi connectivity index (χ3n) is 11.0. The van der Waals surface area contributed by atoms with E-state index in [1.807, 2.05) is 54.3 Å². The fourth-order valence-corrected chi connectivity index (χ4v) is 7.69. The number of carbonyl (C=O) groups is 1. The predicted molar refractivity (Wildman–Crippen MR) is 176 cm³/mol. The lowest BCUT2D eigenvalue weighted by Gasteiger charge is -2.53. The van der Waals surface area contributed by atoms with Gasteiger partial charge in [0.05, 0.1) is 11.2 Å². The molecule has 7 rings (SSSR count). The summed E-state index contributed by atoms with van der Waals surface area (Å²) < 4.78 is 19.9. The normalized spacial score (nSPS) is 28.2. The van der Waals surface area contributed by atoms with Crippen LogP contribution in [0.25, 0.3) is 11.1 Å². The molecule has 3 aromatic rings. The fourth-order valence-electron chi connectivity index (χ4n) is 7.69. The second kappa shape index (κ2) is 11.7. The van der Waals surface area contributed by atoms with E-state index in [1.54, 1.807) is 13.8 Å². The highest BCUT2D eigenvalue weighted by atomic mass is 19.1. The number of halogens is 1. The van der Waals surface area contributed by atoms with E-state index in [0.717, 1.165) is 73.7 Å². The van der Waals surface area contributed by atoms with Crippen molar-refractivity contribution in [3.63, 3.8) is 0 Å². The maximum absolute atomic E-state index is 14.5. The van der Waals surface area contributed by atoms with Crippen molar-refractivity contribution >= 4 is 11.7 Å². The number of rotatable bonds is 8. The Morgan fingerprint density at radius 2 is 1.61 bits per heavy atom. The fraction of sp³-hybridized carbons (Fsp3) is 0.595. The number of hydrogen-bond acceptors (Lipinski definition) is 6. The Labute approximate surface area is 271 Å². The van der Waals surface area contributed by atoms with Gasteiger partial charge in [-0.05, 0) is 133 Å². The molecule has 1 aromatic heterocycles. The Bertz CT molecular complexity index is 1520. The van der Waals surface area contributed by atoms with Gasteiger partial charge in [-0.1, -0.05) is 41.6 Å². The third kappa shape index (κ3) is 6.72. The molecule has 4 fully saturated rings. The number of urea groups is 1.